The summed E-state index contributed by atoms with van der Waals surface area (Å²) in [6.07, 6.45) is 3.13. The van der Waals surface area contributed by atoms with Crippen LogP contribution in [0.2, 0.25) is 0 Å². The van der Waals surface area contributed by atoms with E-state index in [0.717, 1.165) is 11.3 Å². The van der Waals surface area contributed by atoms with Crippen molar-refractivity contribution in [1.29, 1.82) is 0 Å². The quantitative estimate of drug-likeness (QED) is 0.433. The number of amides is 2. The van der Waals surface area contributed by atoms with Crippen molar-refractivity contribution in [2.75, 3.05) is 16.8 Å². The summed E-state index contributed by atoms with van der Waals surface area (Å²) in [6.45, 7) is 2.48. The fourth-order valence-electron chi connectivity index (χ4n) is 2.99. The van der Waals surface area contributed by atoms with Gasteiger partial charge in [-0.1, -0.05) is 54.6 Å². The number of nitrogens with one attached hydrogen (secondary N) is 2. The van der Waals surface area contributed by atoms with E-state index < -0.39 is 0 Å². The van der Waals surface area contributed by atoms with Crippen LogP contribution in [0.15, 0.2) is 91.0 Å². The van der Waals surface area contributed by atoms with E-state index in [4.69, 9.17) is 12.2 Å². The SMILES string of the molecule is CCN(C(=O)c1cccc(NC(=S)NC(=O)/C=C/c2ccccc2)c1)c1ccccc1. The van der Waals surface area contributed by atoms with E-state index in [2.05, 4.69) is 10.6 Å². The smallest absolute Gasteiger partial charge is 0.258 e. The molecule has 5 nitrogen and oxygen atoms in total. The second kappa shape index (κ2) is 10.8. The van der Waals surface area contributed by atoms with E-state index in [-0.39, 0.29) is 16.9 Å². The summed E-state index contributed by atoms with van der Waals surface area (Å²) in [7, 11) is 0. The van der Waals surface area contributed by atoms with Crippen LogP contribution in [-0.2, 0) is 4.79 Å². The number of hydrogen-bond acceptors (Lipinski definition) is 3. The molecule has 0 aliphatic heterocycles. The zero-order valence-electron chi connectivity index (χ0n) is 17.1. The minimum absolute atomic E-state index is 0.113. The normalized spacial score (nSPS) is 10.5. The summed E-state index contributed by atoms with van der Waals surface area (Å²) in [5.74, 6) is -0.451. The molecule has 3 aromatic carbocycles. The molecule has 3 rings (SSSR count). The van der Waals surface area contributed by atoms with Crippen molar-refractivity contribution in [3.63, 3.8) is 0 Å². The lowest BCUT2D eigenvalue weighted by atomic mass is 10.1. The van der Waals surface area contributed by atoms with Crippen LogP contribution < -0.4 is 15.5 Å². The lowest BCUT2D eigenvalue weighted by Gasteiger charge is -2.21. The third kappa shape index (κ3) is 6.35. The van der Waals surface area contributed by atoms with Gasteiger partial charge in [-0.15, -0.1) is 0 Å². The number of anilines is 2. The van der Waals surface area contributed by atoms with Crippen LogP contribution in [0, 0.1) is 0 Å². The van der Waals surface area contributed by atoms with Gasteiger partial charge >= 0.3 is 0 Å². The van der Waals surface area contributed by atoms with Crippen LogP contribution in [-0.4, -0.2) is 23.5 Å². The molecular formula is C25H23N3O2S. The molecule has 156 valence electrons. The van der Waals surface area contributed by atoms with Crippen LogP contribution in [0.3, 0.4) is 0 Å². The molecule has 0 unspecified atom stereocenters. The predicted molar refractivity (Wildman–Crippen MR) is 130 cm³/mol. The van der Waals surface area contributed by atoms with Gasteiger partial charge in [-0.3, -0.25) is 14.9 Å². The number of carbonyl (C=O) groups excluding carboxylic acids is 2. The number of hydrogen-bond donors (Lipinski definition) is 2. The molecule has 0 fully saturated rings. The molecule has 3 aromatic rings. The topological polar surface area (TPSA) is 61.4 Å². The third-order valence-electron chi connectivity index (χ3n) is 4.46. The standard InChI is InChI=1S/C25H23N3O2S/c1-2-28(22-14-7-4-8-15-22)24(30)20-12-9-13-21(18-20)26-25(31)27-23(29)17-16-19-10-5-3-6-11-19/h3-18H,2H2,1H3,(H2,26,27,29,31)/b17-16+. The third-order valence-corrected chi connectivity index (χ3v) is 4.66. The molecular weight excluding hydrogens is 406 g/mol. The maximum Gasteiger partial charge on any atom is 0.258 e. The number of nitrogens with zero attached hydrogens (tertiary/aromatic N) is 1. The molecule has 2 amide bonds. The maximum atomic E-state index is 13.0. The van der Waals surface area contributed by atoms with Crippen LogP contribution in [0.5, 0.6) is 0 Å². The summed E-state index contributed by atoms with van der Waals surface area (Å²) in [5, 5.41) is 5.72. The van der Waals surface area contributed by atoms with Gasteiger partial charge in [0, 0.05) is 29.6 Å². The summed E-state index contributed by atoms with van der Waals surface area (Å²) in [4.78, 5) is 26.8. The molecule has 0 atom stereocenters. The van der Waals surface area contributed by atoms with E-state index in [9.17, 15) is 9.59 Å². The Morgan fingerprint density at radius 1 is 0.935 bits per heavy atom. The van der Waals surface area contributed by atoms with Crippen LogP contribution in [0.1, 0.15) is 22.8 Å². The number of benzene rings is 3. The number of rotatable bonds is 6. The average molecular weight is 430 g/mol. The zero-order chi connectivity index (χ0) is 22.1. The molecule has 6 heteroatoms. The minimum atomic E-state index is -0.338. The van der Waals surface area contributed by atoms with Gasteiger partial charge in [0.25, 0.3) is 5.91 Å². The first-order valence-electron chi connectivity index (χ1n) is 9.89. The first-order chi connectivity index (χ1) is 15.1. The van der Waals surface area contributed by atoms with Crippen molar-refractivity contribution < 1.29 is 9.59 Å². The highest BCUT2D eigenvalue weighted by molar-refractivity contribution is 7.80. The summed E-state index contributed by atoms with van der Waals surface area (Å²) >= 11 is 5.23. The van der Waals surface area contributed by atoms with Crippen LogP contribution in [0.4, 0.5) is 11.4 Å². The van der Waals surface area contributed by atoms with Gasteiger partial charge in [0.05, 0.1) is 0 Å². The number of para-hydroxylation sites is 1. The highest BCUT2D eigenvalue weighted by atomic mass is 32.1. The monoisotopic (exact) mass is 429 g/mol. The van der Waals surface area contributed by atoms with Gasteiger partial charge in [-0.25, -0.2) is 0 Å². The van der Waals surface area contributed by atoms with Crippen molar-refractivity contribution in [3.8, 4) is 0 Å². The Morgan fingerprint density at radius 3 is 2.29 bits per heavy atom. The van der Waals surface area contributed by atoms with Crippen molar-refractivity contribution in [2.45, 2.75) is 6.92 Å². The second-order valence-electron chi connectivity index (χ2n) is 6.65. The first-order valence-corrected chi connectivity index (χ1v) is 10.3. The zero-order valence-corrected chi connectivity index (χ0v) is 17.9. The van der Waals surface area contributed by atoms with E-state index in [1.54, 1.807) is 35.2 Å². The van der Waals surface area contributed by atoms with Crippen molar-refractivity contribution in [3.05, 3.63) is 102 Å². The molecule has 0 heterocycles. The Bertz CT molecular complexity index is 1080. The predicted octanol–water partition coefficient (Wildman–Crippen LogP) is 4.88. The summed E-state index contributed by atoms with van der Waals surface area (Å²) in [6, 6.07) is 26.0. The lowest BCUT2D eigenvalue weighted by Crippen LogP contribution is -2.33. The Kier molecular flexibility index (Phi) is 7.67. The molecule has 0 aliphatic rings. The first kappa shape index (κ1) is 21.9. The van der Waals surface area contributed by atoms with Crippen molar-refractivity contribution in [2.24, 2.45) is 0 Å². The van der Waals surface area contributed by atoms with Gasteiger partial charge in [-0.05, 0) is 61.1 Å². The molecule has 0 saturated heterocycles. The highest BCUT2D eigenvalue weighted by Crippen LogP contribution is 2.18. The van der Waals surface area contributed by atoms with E-state index in [1.807, 2.05) is 67.6 Å². The van der Waals surface area contributed by atoms with E-state index in [0.29, 0.717) is 17.8 Å². The van der Waals surface area contributed by atoms with Gasteiger partial charge in [0.15, 0.2) is 5.11 Å². The maximum absolute atomic E-state index is 13.0. The van der Waals surface area contributed by atoms with Gasteiger partial charge in [0.1, 0.15) is 0 Å². The molecule has 0 saturated carbocycles. The van der Waals surface area contributed by atoms with Crippen LogP contribution >= 0.6 is 12.2 Å². The summed E-state index contributed by atoms with van der Waals surface area (Å²) in [5.41, 5.74) is 2.89. The molecule has 0 aromatic heterocycles. The molecule has 0 spiro atoms. The molecule has 2 N–H and O–H groups in total. The van der Waals surface area contributed by atoms with Crippen molar-refractivity contribution in [1.82, 2.24) is 5.32 Å². The van der Waals surface area contributed by atoms with Gasteiger partial charge in [0.2, 0.25) is 5.91 Å². The molecule has 31 heavy (non-hydrogen) atoms. The van der Waals surface area contributed by atoms with E-state index >= 15 is 0 Å². The Balaban J connectivity index is 1.63. The van der Waals surface area contributed by atoms with Gasteiger partial charge in [-0.2, -0.15) is 0 Å². The highest BCUT2D eigenvalue weighted by Gasteiger charge is 2.16. The van der Waals surface area contributed by atoms with E-state index in [1.165, 1.54) is 6.08 Å². The largest absolute Gasteiger partial charge is 0.332 e. The average Bonchev–Trinajstić information content (AvgIpc) is 2.79. The van der Waals surface area contributed by atoms with Gasteiger partial charge < -0.3 is 10.2 Å². The van der Waals surface area contributed by atoms with Crippen LogP contribution in [0.25, 0.3) is 6.08 Å². The molecule has 0 radical (unpaired) electrons. The lowest BCUT2D eigenvalue weighted by molar-refractivity contribution is -0.115. The second-order valence-corrected chi connectivity index (χ2v) is 7.06. The number of thiocarbonyl (C=S) groups is 1. The fraction of sp³-hybridized carbons (Fsp3) is 0.0800. The molecule has 0 aliphatic carbocycles. The Hall–Kier alpha value is -3.77. The summed E-state index contributed by atoms with van der Waals surface area (Å²) < 4.78 is 0. The Morgan fingerprint density at radius 2 is 1.61 bits per heavy atom. The molecule has 0 bridgehead atoms. The minimum Gasteiger partial charge on any atom is -0.332 e. The number of carbonyl (C=O) groups is 2. The Labute approximate surface area is 187 Å². The fourth-order valence-corrected chi connectivity index (χ4v) is 3.21. The van der Waals surface area contributed by atoms with Crippen molar-refractivity contribution >= 4 is 46.6 Å².